The summed E-state index contributed by atoms with van der Waals surface area (Å²) in [6.45, 7) is 5.12. The van der Waals surface area contributed by atoms with E-state index in [0.29, 0.717) is 5.56 Å². The highest BCUT2D eigenvalue weighted by atomic mass is 35.5. The Kier molecular flexibility index (Phi) is 5.54. The molecule has 0 unspecified atom stereocenters. The van der Waals surface area contributed by atoms with Crippen LogP contribution < -0.4 is 0 Å². The molecule has 0 aromatic heterocycles. The van der Waals surface area contributed by atoms with Crippen LogP contribution in [0, 0.1) is 24.0 Å². The number of carbonyl (C=O) groups excluding carboxylic acids is 2. The van der Waals surface area contributed by atoms with Crippen LogP contribution in [0.3, 0.4) is 0 Å². The van der Waals surface area contributed by atoms with E-state index in [0.717, 1.165) is 17.2 Å². The molecular formula is C18H16ClNO5. The molecule has 130 valence electrons. The minimum Gasteiger partial charge on any atom is -0.451 e. The first-order valence-electron chi connectivity index (χ1n) is 7.47. The molecule has 0 spiro atoms. The van der Waals surface area contributed by atoms with Gasteiger partial charge in [0.2, 0.25) is 5.78 Å². The first-order chi connectivity index (χ1) is 11.7. The lowest BCUT2D eigenvalue weighted by atomic mass is 9.99. The van der Waals surface area contributed by atoms with Crippen LogP contribution in [0.2, 0.25) is 5.02 Å². The molecule has 25 heavy (non-hydrogen) atoms. The summed E-state index contributed by atoms with van der Waals surface area (Å²) in [7, 11) is 0. The van der Waals surface area contributed by atoms with Gasteiger partial charge in [-0.2, -0.15) is 0 Å². The second kappa shape index (κ2) is 7.44. The minimum atomic E-state index is -1.03. The van der Waals surface area contributed by atoms with Crippen LogP contribution in [-0.4, -0.2) is 22.8 Å². The molecule has 0 aliphatic carbocycles. The van der Waals surface area contributed by atoms with E-state index in [1.807, 2.05) is 19.1 Å². The average Bonchev–Trinajstić information content (AvgIpc) is 2.56. The van der Waals surface area contributed by atoms with Crippen LogP contribution in [0.25, 0.3) is 0 Å². The van der Waals surface area contributed by atoms with Gasteiger partial charge in [-0.05, 0) is 44.5 Å². The number of ether oxygens (including phenoxy) is 1. The Labute approximate surface area is 149 Å². The normalized spacial score (nSPS) is 11.7. The highest BCUT2D eigenvalue weighted by Gasteiger charge is 2.23. The zero-order valence-electron chi connectivity index (χ0n) is 13.9. The molecule has 0 fully saturated rings. The van der Waals surface area contributed by atoms with Gasteiger partial charge < -0.3 is 4.74 Å². The van der Waals surface area contributed by atoms with Crippen molar-refractivity contribution in [1.29, 1.82) is 0 Å². The number of nitro groups is 1. The summed E-state index contributed by atoms with van der Waals surface area (Å²) in [5, 5.41) is 10.8. The van der Waals surface area contributed by atoms with Crippen molar-refractivity contribution in [3.05, 3.63) is 73.8 Å². The zero-order valence-corrected chi connectivity index (χ0v) is 14.7. The molecular weight excluding hydrogens is 346 g/mol. The number of Topliss-reactive ketones (excluding diaryl/α,β-unsaturated/α-hetero) is 1. The lowest BCUT2D eigenvalue weighted by molar-refractivity contribution is -0.384. The highest BCUT2D eigenvalue weighted by Crippen LogP contribution is 2.25. The fourth-order valence-corrected chi connectivity index (χ4v) is 2.47. The van der Waals surface area contributed by atoms with E-state index in [1.165, 1.54) is 19.1 Å². The van der Waals surface area contributed by atoms with Crippen molar-refractivity contribution in [1.82, 2.24) is 0 Å². The maximum atomic E-state index is 12.5. The summed E-state index contributed by atoms with van der Waals surface area (Å²) in [4.78, 5) is 34.9. The predicted molar refractivity (Wildman–Crippen MR) is 93.2 cm³/mol. The third kappa shape index (κ3) is 4.22. The summed E-state index contributed by atoms with van der Waals surface area (Å²) < 4.78 is 5.17. The van der Waals surface area contributed by atoms with Crippen molar-refractivity contribution in [2.45, 2.75) is 26.9 Å². The summed E-state index contributed by atoms with van der Waals surface area (Å²) in [5.41, 5.74) is 1.73. The van der Waals surface area contributed by atoms with Crippen LogP contribution in [0.5, 0.6) is 0 Å². The molecule has 0 N–H and O–H groups in total. The Morgan fingerprint density at radius 1 is 1.16 bits per heavy atom. The number of carbonyl (C=O) groups is 2. The maximum Gasteiger partial charge on any atom is 0.339 e. The van der Waals surface area contributed by atoms with E-state index in [1.54, 1.807) is 13.0 Å². The SMILES string of the molecule is Cc1ccc(C)c(C(=O)[C@H](C)OC(=O)c2ccc(Cl)c([N+](=O)[O-])c2)c1. The van der Waals surface area contributed by atoms with Gasteiger partial charge in [0.15, 0.2) is 6.10 Å². The molecule has 0 bridgehead atoms. The monoisotopic (exact) mass is 361 g/mol. The maximum absolute atomic E-state index is 12.5. The average molecular weight is 362 g/mol. The summed E-state index contributed by atoms with van der Waals surface area (Å²) in [6.07, 6.45) is -1.03. The second-order valence-corrected chi connectivity index (χ2v) is 6.06. The van der Waals surface area contributed by atoms with E-state index in [-0.39, 0.29) is 16.4 Å². The number of nitrogens with zero attached hydrogens (tertiary/aromatic N) is 1. The van der Waals surface area contributed by atoms with Crippen molar-refractivity contribution in [3.63, 3.8) is 0 Å². The van der Waals surface area contributed by atoms with Crippen molar-refractivity contribution < 1.29 is 19.2 Å². The first kappa shape index (κ1) is 18.6. The van der Waals surface area contributed by atoms with Crippen LogP contribution in [0.1, 0.15) is 38.8 Å². The number of nitro benzene ring substituents is 1. The Morgan fingerprint density at radius 3 is 2.48 bits per heavy atom. The third-order valence-electron chi connectivity index (χ3n) is 3.69. The number of hydrogen-bond acceptors (Lipinski definition) is 5. The summed E-state index contributed by atoms with van der Waals surface area (Å²) >= 11 is 5.72. The van der Waals surface area contributed by atoms with Gasteiger partial charge in [0, 0.05) is 11.6 Å². The molecule has 2 rings (SSSR count). The van der Waals surface area contributed by atoms with Crippen molar-refractivity contribution in [3.8, 4) is 0 Å². The molecule has 0 radical (unpaired) electrons. The fourth-order valence-electron chi connectivity index (χ4n) is 2.28. The molecule has 0 amide bonds. The van der Waals surface area contributed by atoms with Crippen LogP contribution in [0.4, 0.5) is 5.69 Å². The standard InChI is InChI=1S/C18H16ClNO5/c1-10-4-5-11(2)14(8-10)17(21)12(3)25-18(22)13-6-7-15(19)16(9-13)20(23)24/h4-9,12H,1-3H3/t12-/m0/s1. The highest BCUT2D eigenvalue weighted by molar-refractivity contribution is 6.32. The number of benzene rings is 2. The molecule has 0 aliphatic heterocycles. The Balaban J connectivity index is 2.20. The first-order valence-corrected chi connectivity index (χ1v) is 7.85. The molecule has 1 atom stereocenters. The number of halogens is 1. The van der Waals surface area contributed by atoms with Crippen molar-refractivity contribution in [2.24, 2.45) is 0 Å². The largest absolute Gasteiger partial charge is 0.451 e. The van der Waals surface area contributed by atoms with Crippen molar-refractivity contribution in [2.75, 3.05) is 0 Å². The van der Waals surface area contributed by atoms with Gasteiger partial charge >= 0.3 is 5.97 Å². The van der Waals surface area contributed by atoms with Crippen LogP contribution >= 0.6 is 11.6 Å². The smallest absolute Gasteiger partial charge is 0.339 e. The molecule has 0 saturated heterocycles. The van der Waals surface area contributed by atoms with E-state index in [9.17, 15) is 19.7 Å². The minimum absolute atomic E-state index is 0.0447. The predicted octanol–water partition coefficient (Wildman–Crippen LogP) is 4.29. The van der Waals surface area contributed by atoms with Gasteiger partial charge in [0.05, 0.1) is 10.5 Å². The molecule has 2 aromatic carbocycles. The van der Waals surface area contributed by atoms with Crippen LogP contribution in [-0.2, 0) is 4.74 Å². The zero-order chi connectivity index (χ0) is 18.7. The summed E-state index contributed by atoms with van der Waals surface area (Å²) in [5.74, 6) is -1.16. The molecule has 0 aliphatic rings. The van der Waals surface area contributed by atoms with E-state index >= 15 is 0 Å². The second-order valence-electron chi connectivity index (χ2n) is 5.65. The van der Waals surface area contributed by atoms with Gasteiger partial charge in [-0.15, -0.1) is 0 Å². The number of ketones is 1. The number of esters is 1. The lowest BCUT2D eigenvalue weighted by Gasteiger charge is -2.14. The lowest BCUT2D eigenvalue weighted by Crippen LogP contribution is -2.25. The Hall–Kier alpha value is -2.73. The topological polar surface area (TPSA) is 86.5 Å². The van der Waals surface area contributed by atoms with E-state index in [4.69, 9.17) is 16.3 Å². The number of rotatable bonds is 5. The molecule has 7 heteroatoms. The molecule has 0 heterocycles. The molecule has 2 aromatic rings. The summed E-state index contributed by atoms with van der Waals surface area (Å²) in [6, 6.07) is 9.02. The molecule has 6 nitrogen and oxygen atoms in total. The van der Waals surface area contributed by atoms with Gasteiger partial charge in [0.1, 0.15) is 5.02 Å². The van der Waals surface area contributed by atoms with Gasteiger partial charge in [-0.3, -0.25) is 14.9 Å². The van der Waals surface area contributed by atoms with Crippen LogP contribution in [0.15, 0.2) is 36.4 Å². The van der Waals surface area contributed by atoms with Gasteiger partial charge in [-0.1, -0.05) is 29.3 Å². The quantitative estimate of drug-likeness (QED) is 0.343. The van der Waals surface area contributed by atoms with Gasteiger partial charge in [-0.25, -0.2) is 4.79 Å². The van der Waals surface area contributed by atoms with E-state index in [2.05, 4.69) is 0 Å². The molecule has 0 saturated carbocycles. The van der Waals surface area contributed by atoms with Gasteiger partial charge in [0.25, 0.3) is 5.69 Å². The Bertz CT molecular complexity index is 863. The Morgan fingerprint density at radius 2 is 1.84 bits per heavy atom. The number of aryl methyl sites for hydroxylation is 2. The fraction of sp³-hybridized carbons (Fsp3) is 0.222. The third-order valence-corrected chi connectivity index (χ3v) is 4.01. The van der Waals surface area contributed by atoms with E-state index < -0.39 is 22.7 Å². The van der Waals surface area contributed by atoms with Crippen molar-refractivity contribution >= 4 is 29.0 Å². The number of hydrogen-bond donors (Lipinski definition) is 0.